The van der Waals surface area contributed by atoms with Crippen molar-refractivity contribution in [3.05, 3.63) is 69.7 Å². The minimum absolute atomic E-state index is 0.0213. The number of non-ortho nitro benzene ring substituents is 1. The van der Waals surface area contributed by atoms with Gasteiger partial charge in [-0.2, -0.15) is 0 Å². The minimum Gasteiger partial charge on any atom is -0.457 e. The van der Waals surface area contributed by atoms with Gasteiger partial charge in [-0.1, -0.05) is 24.4 Å². The summed E-state index contributed by atoms with van der Waals surface area (Å²) < 4.78 is 11.1. The predicted octanol–water partition coefficient (Wildman–Crippen LogP) is 4.10. The first-order valence-corrected chi connectivity index (χ1v) is 8.42. The van der Waals surface area contributed by atoms with Crippen molar-refractivity contribution in [3.63, 3.8) is 0 Å². The molecule has 0 spiro atoms. The van der Waals surface area contributed by atoms with Crippen LogP contribution in [-0.2, 0) is 9.53 Å². The molecule has 0 saturated carbocycles. The van der Waals surface area contributed by atoms with Crippen molar-refractivity contribution >= 4 is 40.7 Å². The van der Waals surface area contributed by atoms with Crippen molar-refractivity contribution in [2.24, 2.45) is 10.9 Å². The second-order valence-corrected chi connectivity index (χ2v) is 6.48. The number of dihydropyridines is 1. The minimum atomic E-state index is -0.666. The molecule has 0 amide bonds. The molecular weight excluding hydrogens is 368 g/mol. The first kappa shape index (κ1) is 17.0. The number of nitro groups is 1. The number of hydrogen-bond acceptors (Lipinski definition) is 6. The summed E-state index contributed by atoms with van der Waals surface area (Å²) in [6, 6.07) is 9.56. The van der Waals surface area contributed by atoms with Crippen LogP contribution < -0.4 is 0 Å². The fourth-order valence-corrected chi connectivity index (χ4v) is 3.35. The molecule has 0 unspecified atom stereocenters. The van der Waals surface area contributed by atoms with Gasteiger partial charge in [-0.05, 0) is 25.1 Å². The summed E-state index contributed by atoms with van der Waals surface area (Å²) >= 11 is 5.18. The van der Waals surface area contributed by atoms with Crippen LogP contribution in [0.15, 0.2) is 63.2 Å². The molecule has 7 nitrogen and oxygen atoms in total. The van der Waals surface area contributed by atoms with E-state index in [2.05, 4.69) is 4.99 Å². The molecule has 2 aromatic rings. The van der Waals surface area contributed by atoms with Crippen molar-refractivity contribution < 1.29 is 18.9 Å². The number of aliphatic imine (C=N–C) groups is 1. The molecule has 3 heterocycles. The zero-order valence-corrected chi connectivity index (χ0v) is 14.9. The van der Waals surface area contributed by atoms with E-state index < -0.39 is 16.8 Å². The van der Waals surface area contributed by atoms with E-state index in [4.69, 9.17) is 21.4 Å². The van der Waals surface area contributed by atoms with E-state index in [1.807, 2.05) is 0 Å². The van der Waals surface area contributed by atoms with Crippen molar-refractivity contribution in [1.29, 1.82) is 0 Å². The third-order valence-corrected chi connectivity index (χ3v) is 4.51. The van der Waals surface area contributed by atoms with Gasteiger partial charge in [0.05, 0.1) is 4.92 Å². The topological polar surface area (TPSA) is 94.9 Å². The van der Waals surface area contributed by atoms with E-state index in [1.165, 1.54) is 12.1 Å². The zero-order chi connectivity index (χ0) is 19.1. The molecule has 0 N–H and O–H groups in total. The Kier molecular flexibility index (Phi) is 4.04. The number of furan rings is 1. The standard InChI is InChI=1S/C19H12N2O5S/c1-10-7-14-16(26-19(22)17(14)18(27)20-10)9-13-5-6-15(25-13)11-3-2-4-12(8-11)21(23)24/h2-9,17H,1H3/b16-9-/t17-/m0/s1. The lowest BCUT2D eigenvalue weighted by atomic mass is 9.96. The highest BCUT2D eigenvalue weighted by Gasteiger charge is 2.41. The molecule has 27 heavy (non-hydrogen) atoms. The Morgan fingerprint density at radius 2 is 2.11 bits per heavy atom. The second-order valence-electron chi connectivity index (χ2n) is 6.06. The van der Waals surface area contributed by atoms with Gasteiger partial charge in [0, 0.05) is 35.1 Å². The van der Waals surface area contributed by atoms with Gasteiger partial charge in [0.2, 0.25) is 0 Å². The van der Waals surface area contributed by atoms with Crippen LogP contribution in [0.5, 0.6) is 0 Å². The Bertz CT molecular complexity index is 1090. The highest BCUT2D eigenvalue weighted by Crippen LogP contribution is 2.36. The highest BCUT2D eigenvalue weighted by molar-refractivity contribution is 7.80. The summed E-state index contributed by atoms with van der Waals surface area (Å²) in [4.78, 5) is 27.0. The van der Waals surface area contributed by atoms with Crippen LogP contribution in [0.2, 0.25) is 0 Å². The molecule has 0 aliphatic carbocycles. The number of cyclic esters (lactones) is 1. The zero-order valence-electron chi connectivity index (χ0n) is 14.0. The van der Waals surface area contributed by atoms with E-state index in [9.17, 15) is 14.9 Å². The number of fused-ring (bicyclic) bond motifs is 1. The summed E-state index contributed by atoms with van der Waals surface area (Å²) in [5, 5.41) is 10.9. The number of nitro benzene ring substituents is 1. The number of nitrogens with zero attached hydrogens (tertiary/aromatic N) is 2. The average Bonchev–Trinajstić information content (AvgIpc) is 3.20. The molecule has 134 valence electrons. The molecule has 8 heteroatoms. The largest absolute Gasteiger partial charge is 0.457 e. The third kappa shape index (κ3) is 3.11. The maximum atomic E-state index is 12.1. The summed E-state index contributed by atoms with van der Waals surface area (Å²) in [5.74, 6) is 0.158. The first-order chi connectivity index (χ1) is 12.9. The van der Waals surface area contributed by atoms with Gasteiger partial charge in [0.1, 0.15) is 28.2 Å². The van der Waals surface area contributed by atoms with Gasteiger partial charge in [-0.3, -0.25) is 14.9 Å². The lowest BCUT2D eigenvalue weighted by Gasteiger charge is -2.11. The molecule has 1 aromatic carbocycles. The Labute approximate surface area is 158 Å². The Morgan fingerprint density at radius 3 is 2.89 bits per heavy atom. The summed E-state index contributed by atoms with van der Waals surface area (Å²) in [5.41, 5.74) is 1.92. The Hall–Kier alpha value is -3.39. The molecule has 4 rings (SSSR count). The number of hydrogen-bond donors (Lipinski definition) is 0. The maximum absolute atomic E-state index is 12.1. The van der Waals surface area contributed by atoms with Crippen molar-refractivity contribution in [2.75, 3.05) is 0 Å². The van der Waals surface area contributed by atoms with Crippen LogP contribution in [-0.4, -0.2) is 21.6 Å². The maximum Gasteiger partial charge on any atom is 0.326 e. The van der Waals surface area contributed by atoms with Gasteiger partial charge in [0.25, 0.3) is 5.69 Å². The number of carbonyl (C=O) groups excluding carboxylic acids is 1. The quantitative estimate of drug-likeness (QED) is 0.344. The normalized spacial score (nSPS) is 20.2. The number of esters is 1. The number of allylic oxidation sites excluding steroid dienone is 2. The lowest BCUT2D eigenvalue weighted by molar-refractivity contribution is -0.384. The fourth-order valence-electron chi connectivity index (χ4n) is 2.98. The van der Waals surface area contributed by atoms with Gasteiger partial charge in [0.15, 0.2) is 0 Å². The number of rotatable bonds is 3. The number of thiocarbonyl (C=S) groups is 1. The smallest absolute Gasteiger partial charge is 0.326 e. The van der Waals surface area contributed by atoms with Gasteiger partial charge in [-0.15, -0.1) is 0 Å². The molecule has 2 aliphatic rings. The average molecular weight is 380 g/mol. The third-order valence-electron chi connectivity index (χ3n) is 4.18. The predicted molar refractivity (Wildman–Crippen MR) is 102 cm³/mol. The van der Waals surface area contributed by atoms with Crippen molar-refractivity contribution in [3.8, 4) is 11.3 Å². The van der Waals surface area contributed by atoms with Gasteiger partial charge in [-0.25, -0.2) is 4.99 Å². The molecular formula is C19H12N2O5S. The van der Waals surface area contributed by atoms with Crippen LogP contribution >= 0.6 is 12.2 Å². The SMILES string of the molecule is CC1=NC(=S)[C@H]2C(=O)O/C(=C\c3ccc(-c4cccc([N+](=O)[O-])c4)o3)C2=C1. The molecule has 0 radical (unpaired) electrons. The van der Waals surface area contributed by atoms with Crippen LogP contribution in [0, 0.1) is 16.0 Å². The summed E-state index contributed by atoms with van der Waals surface area (Å²) in [7, 11) is 0. The Balaban J connectivity index is 1.67. The molecule has 1 fully saturated rings. The van der Waals surface area contributed by atoms with Crippen LogP contribution in [0.1, 0.15) is 12.7 Å². The number of benzene rings is 1. The van der Waals surface area contributed by atoms with Gasteiger partial charge >= 0.3 is 5.97 Å². The van der Waals surface area contributed by atoms with E-state index in [1.54, 1.807) is 43.3 Å². The highest BCUT2D eigenvalue weighted by atomic mass is 32.1. The van der Waals surface area contributed by atoms with Crippen molar-refractivity contribution in [1.82, 2.24) is 0 Å². The molecule has 1 saturated heterocycles. The van der Waals surface area contributed by atoms with E-state index >= 15 is 0 Å². The van der Waals surface area contributed by atoms with Gasteiger partial charge < -0.3 is 9.15 Å². The lowest BCUT2D eigenvalue weighted by Crippen LogP contribution is -2.21. The van der Waals surface area contributed by atoms with Crippen LogP contribution in [0.25, 0.3) is 17.4 Å². The van der Waals surface area contributed by atoms with Crippen LogP contribution in [0.4, 0.5) is 5.69 Å². The summed E-state index contributed by atoms with van der Waals surface area (Å²) in [6.07, 6.45) is 3.37. The molecule has 1 atom stereocenters. The number of ether oxygens (including phenoxy) is 1. The molecule has 0 bridgehead atoms. The Morgan fingerprint density at radius 1 is 1.30 bits per heavy atom. The molecule has 1 aromatic heterocycles. The molecule has 2 aliphatic heterocycles. The summed E-state index contributed by atoms with van der Waals surface area (Å²) in [6.45, 7) is 1.79. The fraction of sp³-hybridized carbons (Fsp3) is 0.105. The van der Waals surface area contributed by atoms with Crippen LogP contribution in [0.3, 0.4) is 0 Å². The van der Waals surface area contributed by atoms with Crippen molar-refractivity contribution in [2.45, 2.75) is 6.92 Å². The van der Waals surface area contributed by atoms with E-state index in [0.717, 1.165) is 0 Å². The van der Waals surface area contributed by atoms with E-state index in [0.29, 0.717) is 34.1 Å². The first-order valence-electron chi connectivity index (χ1n) is 8.01. The van der Waals surface area contributed by atoms with E-state index in [-0.39, 0.29) is 10.7 Å². The monoisotopic (exact) mass is 380 g/mol. The second kappa shape index (κ2) is 6.40. The number of carbonyl (C=O) groups is 1.